The zero-order chi connectivity index (χ0) is 11.5. The van der Waals surface area contributed by atoms with Gasteiger partial charge in [0.2, 0.25) is 5.91 Å². The van der Waals surface area contributed by atoms with Crippen molar-refractivity contribution >= 4 is 12.2 Å². The van der Waals surface area contributed by atoms with Gasteiger partial charge in [0, 0.05) is 25.0 Å². The second-order valence-corrected chi connectivity index (χ2v) is 3.94. The molecular weight excluding hydrogens is 206 g/mol. The van der Waals surface area contributed by atoms with E-state index in [0.29, 0.717) is 18.2 Å². The Morgan fingerprint density at radius 3 is 3.00 bits per heavy atom. The smallest absolute Gasteiger partial charge is 0.242 e. The summed E-state index contributed by atoms with van der Waals surface area (Å²) in [6.07, 6.45) is 6.06. The Balaban J connectivity index is 2.03. The fraction of sp³-hybridized carbons (Fsp3) is 0.545. The highest BCUT2D eigenvalue weighted by Gasteiger charge is 2.31. The monoisotopic (exact) mass is 221 g/mol. The molecule has 5 heteroatoms. The van der Waals surface area contributed by atoms with E-state index in [1.165, 1.54) is 6.20 Å². The van der Waals surface area contributed by atoms with E-state index < -0.39 is 0 Å². The molecule has 0 spiro atoms. The van der Waals surface area contributed by atoms with Crippen LogP contribution < -0.4 is 0 Å². The summed E-state index contributed by atoms with van der Waals surface area (Å²) in [4.78, 5) is 28.3. The Kier molecular flexibility index (Phi) is 3.03. The summed E-state index contributed by atoms with van der Waals surface area (Å²) in [5.74, 6) is 0.367. The predicted molar refractivity (Wildman–Crippen MR) is 58.0 cm³/mol. The molecule has 1 aromatic heterocycles. The average Bonchev–Trinajstić information content (AvgIpc) is 3.00. The van der Waals surface area contributed by atoms with Crippen molar-refractivity contribution in [3.05, 3.63) is 18.2 Å². The highest BCUT2D eigenvalue weighted by atomic mass is 16.2. The third-order valence-electron chi connectivity index (χ3n) is 2.81. The number of carbonyl (C=O) groups excluding carboxylic acids is 2. The van der Waals surface area contributed by atoms with Crippen LogP contribution in [0, 0.1) is 0 Å². The first kappa shape index (κ1) is 10.9. The predicted octanol–water partition coefficient (Wildman–Crippen LogP) is 0.706. The first-order valence-corrected chi connectivity index (χ1v) is 5.52. The van der Waals surface area contributed by atoms with Gasteiger partial charge in [-0.25, -0.2) is 4.98 Å². The quantitative estimate of drug-likeness (QED) is 0.688. The van der Waals surface area contributed by atoms with Gasteiger partial charge in [-0.1, -0.05) is 0 Å². The van der Waals surface area contributed by atoms with Crippen LogP contribution in [-0.2, 0) is 11.3 Å². The van der Waals surface area contributed by atoms with Gasteiger partial charge in [-0.3, -0.25) is 9.59 Å². The maximum atomic E-state index is 12.0. The van der Waals surface area contributed by atoms with E-state index in [4.69, 9.17) is 0 Å². The molecule has 1 aliphatic rings. The lowest BCUT2D eigenvalue weighted by Gasteiger charge is -2.20. The molecule has 16 heavy (non-hydrogen) atoms. The summed E-state index contributed by atoms with van der Waals surface area (Å²) in [5, 5.41) is 0. The molecule has 5 nitrogen and oxygen atoms in total. The Morgan fingerprint density at radius 2 is 2.44 bits per heavy atom. The second-order valence-electron chi connectivity index (χ2n) is 3.94. The molecular formula is C11H15N3O2. The number of aromatic nitrogens is 2. The number of hydrogen-bond acceptors (Lipinski definition) is 3. The van der Waals surface area contributed by atoms with Gasteiger partial charge in [0.05, 0.1) is 0 Å². The van der Waals surface area contributed by atoms with Gasteiger partial charge in [0.15, 0.2) is 12.1 Å². The van der Waals surface area contributed by atoms with Gasteiger partial charge in [-0.15, -0.1) is 0 Å². The van der Waals surface area contributed by atoms with Gasteiger partial charge >= 0.3 is 0 Å². The number of imidazole rings is 1. The largest absolute Gasteiger partial charge is 0.338 e. The Morgan fingerprint density at radius 1 is 1.69 bits per heavy atom. The normalized spacial score (nSPS) is 14.8. The van der Waals surface area contributed by atoms with Crippen molar-refractivity contribution in [3.63, 3.8) is 0 Å². The van der Waals surface area contributed by atoms with Crippen LogP contribution >= 0.6 is 0 Å². The Bertz CT molecular complexity index is 396. The number of nitrogens with zero attached hydrogens (tertiary/aromatic N) is 3. The van der Waals surface area contributed by atoms with Gasteiger partial charge < -0.3 is 9.47 Å². The average molecular weight is 221 g/mol. The summed E-state index contributed by atoms with van der Waals surface area (Å²) in [7, 11) is 0. The van der Waals surface area contributed by atoms with Gasteiger partial charge in [0.1, 0.15) is 6.54 Å². The zero-order valence-corrected chi connectivity index (χ0v) is 9.30. The van der Waals surface area contributed by atoms with Crippen molar-refractivity contribution in [1.29, 1.82) is 0 Å². The summed E-state index contributed by atoms with van der Waals surface area (Å²) >= 11 is 0. The molecule has 2 rings (SSSR count). The molecule has 0 bridgehead atoms. The maximum absolute atomic E-state index is 12.0. The molecule has 1 aliphatic carbocycles. The minimum absolute atomic E-state index is 0.0612. The molecule has 1 heterocycles. The molecule has 1 amide bonds. The minimum Gasteiger partial charge on any atom is -0.338 e. The van der Waals surface area contributed by atoms with Crippen LogP contribution in [-0.4, -0.2) is 39.2 Å². The lowest BCUT2D eigenvalue weighted by molar-refractivity contribution is -0.132. The molecule has 0 aliphatic heterocycles. The van der Waals surface area contributed by atoms with Crippen molar-refractivity contribution in [2.45, 2.75) is 32.4 Å². The van der Waals surface area contributed by atoms with E-state index in [1.54, 1.807) is 10.8 Å². The molecule has 1 aromatic rings. The maximum Gasteiger partial charge on any atom is 0.242 e. The Hall–Kier alpha value is -1.65. The summed E-state index contributed by atoms with van der Waals surface area (Å²) in [6.45, 7) is 2.91. The van der Waals surface area contributed by atoms with Crippen LogP contribution in [0.3, 0.4) is 0 Å². The molecule has 0 radical (unpaired) electrons. The SMILES string of the molecule is CCN(C(=O)Cn1ccnc1C=O)C1CC1. The van der Waals surface area contributed by atoms with E-state index in [0.717, 1.165) is 19.4 Å². The lowest BCUT2D eigenvalue weighted by Crippen LogP contribution is -2.35. The molecule has 0 unspecified atom stereocenters. The van der Waals surface area contributed by atoms with Gasteiger partial charge in [-0.2, -0.15) is 0 Å². The number of aldehydes is 1. The number of amides is 1. The zero-order valence-electron chi connectivity index (χ0n) is 9.30. The van der Waals surface area contributed by atoms with Crippen molar-refractivity contribution in [2.24, 2.45) is 0 Å². The highest BCUT2D eigenvalue weighted by Crippen LogP contribution is 2.26. The van der Waals surface area contributed by atoms with Crippen LogP contribution in [0.4, 0.5) is 0 Å². The third kappa shape index (κ3) is 2.13. The Labute approximate surface area is 94.1 Å². The standard InChI is InChI=1S/C11H15N3O2/c1-2-14(9-3-4-9)11(16)7-13-6-5-12-10(13)8-15/h5-6,8-9H,2-4,7H2,1H3. The fourth-order valence-corrected chi connectivity index (χ4v) is 1.83. The molecule has 1 saturated carbocycles. The van der Waals surface area contributed by atoms with E-state index >= 15 is 0 Å². The number of rotatable bonds is 5. The number of carbonyl (C=O) groups is 2. The first-order valence-electron chi connectivity index (χ1n) is 5.52. The summed E-state index contributed by atoms with van der Waals surface area (Å²) < 4.78 is 1.58. The number of hydrogen-bond donors (Lipinski definition) is 0. The van der Waals surface area contributed by atoms with E-state index in [9.17, 15) is 9.59 Å². The highest BCUT2D eigenvalue weighted by molar-refractivity contribution is 5.78. The van der Waals surface area contributed by atoms with Crippen LogP contribution in [0.5, 0.6) is 0 Å². The molecule has 0 aromatic carbocycles. The minimum atomic E-state index is 0.0612. The van der Waals surface area contributed by atoms with Crippen molar-refractivity contribution in [2.75, 3.05) is 6.54 Å². The van der Waals surface area contributed by atoms with E-state index in [-0.39, 0.29) is 12.5 Å². The van der Waals surface area contributed by atoms with E-state index in [2.05, 4.69) is 4.98 Å². The van der Waals surface area contributed by atoms with Crippen molar-refractivity contribution in [1.82, 2.24) is 14.5 Å². The van der Waals surface area contributed by atoms with E-state index in [1.807, 2.05) is 11.8 Å². The third-order valence-corrected chi connectivity index (χ3v) is 2.81. The molecule has 86 valence electrons. The first-order chi connectivity index (χ1) is 7.76. The van der Waals surface area contributed by atoms with Gasteiger partial charge in [0.25, 0.3) is 0 Å². The van der Waals surface area contributed by atoms with Crippen LogP contribution in [0.1, 0.15) is 30.4 Å². The lowest BCUT2D eigenvalue weighted by atomic mass is 10.4. The fourth-order valence-electron chi connectivity index (χ4n) is 1.83. The molecule has 0 N–H and O–H groups in total. The summed E-state index contributed by atoms with van der Waals surface area (Å²) in [5.41, 5.74) is 0. The second kappa shape index (κ2) is 4.47. The molecule has 1 fully saturated rings. The van der Waals surface area contributed by atoms with Crippen LogP contribution in [0.25, 0.3) is 0 Å². The van der Waals surface area contributed by atoms with Crippen LogP contribution in [0.2, 0.25) is 0 Å². The molecule has 0 saturated heterocycles. The summed E-state index contributed by atoms with van der Waals surface area (Å²) in [6, 6.07) is 0.417. The van der Waals surface area contributed by atoms with Crippen molar-refractivity contribution < 1.29 is 9.59 Å². The molecule has 0 atom stereocenters. The number of likely N-dealkylation sites (N-methyl/N-ethyl adjacent to an activating group) is 1. The topological polar surface area (TPSA) is 55.2 Å². The van der Waals surface area contributed by atoms with Gasteiger partial charge in [-0.05, 0) is 19.8 Å². The van der Waals surface area contributed by atoms with Crippen LogP contribution in [0.15, 0.2) is 12.4 Å². The van der Waals surface area contributed by atoms with Crippen molar-refractivity contribution in [3.8, 4) is 0 Å².